The SMILES string of the molecule is CC1=C(C(=O)O)C(c2cccc([N+](=O)[O-])c2)C(C(=O)O)=C(COc2cccnc2)N1. The van der Waals surface area contributed by atoms with E-state index in [1.54, 1.807) is 18.3 Å². The molecule has 1 aromatic carbocycles. The van der Waals surface area contributed by atoms with Crippen LogP contribution in [0.2, 0.25) is 0 Å². The van der Waals surface area contributed by atoms with E-state index in [0.717, 1.165) is 0 Å². The molecule has 1 aliphatic heterocycles. The zero-order chi connectivity index (χ0) is 21.8. The second-order valence-electron chi connectivity index (χ2n) is 6.43. The summed E-state index contributed by atoms with van der Waals surface area (Å²) in [6.07, 6.45) is 3.01. The fourth-order valence-electron chi connectivity index (χ4n) is 3.29. The highest BCUT2D eigenvalue weighted by atomic mass is 16.6. The molecule has 1 atom stereocenters. The van der Waals surface area contributed by atoms with Crippen LogP contribution in [0.4, 0.5) is 5.69 Å². The van der Waals surface area contributed by atoms with E-state index in [9.17, 15) is 29.9 Å². The van der Waals surface area contributed by atoms with Crippen molar-refractivity contribution in [3.8, 4) is 5.75 Å². The number of carbonyl (C=O) groups is 2. The summed E-state index contributed by atoms with van der Waals surface area (Å²) in [5.74, 6) is -3.53. The van der Waals surface area contributed by atoms with Crippen molar-refractivity contribution in [1.82, 2.24) is 10.3 Å². The zero-order valence-corrected chi connectivity index (χ0v) is 15.7. The van der Waals surface area contributed by atoms with Crippen molar-refractivity contribution in [1.29, 1.82) is 0 Å². The fourth-order valence-corrected chi connectivity index (χ4v) is 3.29. The Morgan fingerprint density at radius 2 is 1.93 bits per heavy atom. The number of allylic oxidation sites excluding steroid dienone is 1. The van der Waals surface area contributed by atoms with Crippen molar-refractivity contribution in [2.24, 2.45) is 0 Å². The first-order chi connectivity index (χ1) is 14.3. The molecule has 0 spiro atoms. The van der Waals surface area contributed by atoms with Crippen molar-refractivity contribution < 1.29 is 29.5 Å². The number of pyridine rings is 1. The van der Waals surface area contributed by atoms with Gasteiger partial charge in [-0.05, 0) is 24.6 Å². The third-order valence-corrected chi connectivity index (χ3v) is 4.54. The van der Waals surface area contributed by atoms with Crippen LogP contribution in [-0.2, 0) is 9.59 Å². The third kappa shape index (κ3) is 4.12. The van der Waals surface area contributed by atoms with Gasteiger partial charge in [-0.2, -0.15) is 0 Å². The predicted octanol–water partition coefficient (Wildman–Crippen LogP) is 2.45. The minimum atomic E-state index is -1.37. The van der Waals surface area contributed by atoms with Crippen LogP contribution in [0.25, 0.3) is 0 Å². The number of carboxylic acid groups (broad SMARTS) is 2. The number of rotatable bonds is 7. The number of hydrogen-bond donors (Lipinski definition) is 3. The van der Waals surface area contributed by atoms with Crippen molar-refractivity contribution in [2.45, 2.75) is 12.8 Å². The van der Waals surface area contributed by atoms with E-state index in [0.29, 0.717) is 5.75 Å². The largest absolute Gasteiger partial charge is 0.486 e. The number of carboxylic acids is 2. The van der Waals surface area contributed by atoms with Crippen molar-refractivity contribution >= 4 is 17.6 Å². The maximum Gasteiger partial charge on any atom is 0.334 e. The zero-order valence-electron chi connectivity index (χ0n) is 15.7. The van der Waals surface area contributed by atoms with Crippen LogP contribution in [0, 0.1) is 10.1 Å². The molecule has 0 fully saturated rings. The van der Waals surface area contributed by atoms with Gasteiger partial charge in [-0.1, -0.05) is 12.1 Å². The molecule has 1 unspecified atom stereocenters. The number of benzene rings is 1. The van der Waals surface area contributed by atoms with Gasteiger partial charge in [0.05, 0.1) is 33.9 Å². The molecule has 10 heteroatoms. The number of nitro groups is 1. The second kappa shape index (κ2) is 8.43. The van der Waals surface area contributed by atoms with Gasteiger partial charge in [-0.25, -0.2) is 9.59 Å². The van der Waals surface area contributed by atoms with E-state index in [1.165, 1.54) is 37.4 Å². The molecule has 0 amide bonds. The normalized spacial score (nSPS) is 16.1. The molecule has 3 N–H and O–H groups in total. The number of aliphatic carboxylic acids is 2. The first-order valence-electron chi connectivity index (χ1n) is 8.74. The Hall–Kier alpha value is -4.21. The van der Waals surface area contributed by atoms with Gasteiger partial charge in [0.15, 0.2) is 0 Å². The van der Waals surface area contributed by atoms with Gasteiger partial charge in [0.2, 0.25) is 0 Å². The Kier molecular flexibility index (Phi) is 5.77. The van der Waals surface area contributed by atoms with Gasteiger partial charge < -0.3 is 20.3 Å². The third-order valence-electron chi connectivity index (χ3n) is 4.54. The van der Waals surface area contributed by atoms with E-state index >= 15 is 0 Å². The van der Waals surface area contributed by atoms with Crippen LogP contribution in [0.5, 0.6) is 5.75 Å². The number of aromatic nitrogens is 1. The fraction of sp³-hybridized carbons (Fsp3) is 0.150. The van der Waals surface area contributed by atoms with Gasteiger partial charge in [-0.15, -0.1) is 0 Å². The van der Waals surface area contributed by atoms with Crippen LogP contribution in [-0.4, -0.2) is 38.7 Å². The van der Waals surface area contributed by atoms with Crippen LogP contribution < -0.4 is 10.1 Å². The van der Waals surface area contributed by atoms with Gasteiger partial charge in [-0.3, -0.25) is 15.1 Å². The molecule has 2 heterocycles. The maximum absolute atomic E-state index is 12.1. The van der Waals surface area contributed by atoms with Gasteiger partial charge in [0.25, 0.3) is 5.69 Å². The predicted molar refractivity (Wildman–Crippen MR) is 104 cm³/mol. The molecule has 2 aromatic rings. The lowest BCUT2D eigenvalue weighted by Gasteiger charge is -2.29. The Morgan fingerprint density at radius 3 is 2.53 bits per heavy atom. The average molecular weight is 411 g/mol. The molecule has 1 aromatic heterocycles. The Bertz CT molecular complexity index is 1080. The van der Waals surface area contributed by atoms with E-state index in [1.807, 2.05) is 0 Å². The molecule has 154 valence electrons. The lowest BCUT2D eigenvalue weighted by Crippen LogP contribution is -2.34. The van der Waals surface area contributed by atoms with Crippen molar-refractivity contribution in [3.05, 3.63) is 87.0 Å². The summed E-state index contributed by atoms with van der Waals surface area (Å²) in [7, 11) is 0. The molecule has 1 aliphatic rings. The monoisotopic (exact) mass is 411 g/mol. The number of nitrogens with one attached hydrogen (secondary N) is 1. The number of nitrogens with zero attached hydrogens (tertiary/aromatic N) is 2. The standard InChI is InChI=1S/C20H17N3O7/c1-11-16(19(24)25)17(12-4-2-5-13(8-12)23(28)29)18(20(26)27)15(22-11)10-30-14-6-3-7-21-9-14/h2-9,17,22H,10H2,1H3,(H,24,25)(H,26,27). The summed E-state index contributed by atoms with van der Waals surface area (Å²) in [6.45, 7) is 1.31. The number of ether oxygens (including phenoxy) is 1. The minimum Gasteiger partial charge on any atom is -0.486 e. The van der Waals surface area contributed by atoms with E-state index in [2.05, 4.69) is 10.3 Å². The van der Waals surface area contributed by atoms with Gasteiger partial charge in [0.1, 0.15) is 12.4 Å². The summed E-state index contributed by atoms with van der Waals surface area (Å²) in [6, 6.07) is 8.56. The van der Waals surface area contributed by atoms with Crippen LogP contribution in [0.1, 0.15) is 18.4 Å². The minimum absolute atomic E-state index is 0.144. The highest BCUT2D eigenvalue weighted by molar-refractivity contribution is 5.98. The topological polar surface area (TPSA) is 152 Å². The molecular weight excluding hydrogens is 394 g/mol. The lowest BCUT2D eigenvalue weighted by molar-refractivity contribution is -0.384. The number of hydrogen-bond acceptors (Lipinski definition) is 7. The molecule has 0 saturated heterocycles. The summed E-state index contributed by atoms with van der Waals surface area (Å²) >= 11 is 0. The highest BCUT2D eigenvalue weighted by Gasteiger charge is 2.38. The number of non-ortho nitro benzene ring substituents is 1. The Labute approximate surface area is 170 Å². The molecule has 0 saturated carbocycles. The van der Waals surface area contributed by atoms with Gasteiger partial charge in [0, 0.05) is 24.0 Å². The Balaban J connectivity index is 2.11. The summed E-state index contributed by atoms with van der Waals surface area (Å²) < 4.78 is 5.59. The second-order valence-corrected chi connectivity index (χ2v) is 6.43. The highest BCUT2D eigenvalue weighted by Crippen LogP contribution is 2.39. The van der Waals surface area contributed by atoms with Crippen molar-refractivity contribution in [3.63, 3.8) is 0 Å². The molecule has 30 heavy (non-hydrogen) atoms. The summed E-state index contributed by atoms with van der Waals surface area (Å²) in [5.41, 5.74) is -0.204. The first-order valence-corrected chi connectivity index (χ1v) is 8.74. The molecule has 0 radical (unpaired) electrons. The maximum atomic E-state index is 12.1. The molecule has 10 nitrogen and oxygen atoms in total. The van der Waals surface area contributed by atoms with Crippen LogP contribution in [0.15, 0.2) is 71.3 Å². The lowest BCUT2D eigenvalue weighted by atomic mass is 9.80. The van der Waals surface area contributed by atoms with E-state index in [-0.39, 0.29) is 40.4 Å². The smallest absolute Gasteiger partial charge is 0.334 e. The summed E-state index contributed by atoms with van der Waals surface area (Å²) in [4.78, 5) is 38.5. The van der Waals surface area contributed by atoms with E-state index in [4.69, 9.17) is 4.74 Å². The molecular formula is C20H17N3O7. The quantitative estimate of drug-likeness (QED) is 0.461. The summed E-state index contributed by atoms with van der Waals surface area (Å²) in [5, 5.41) is 33.6. The molecule has 3 rings (SSSR count). The average Bonchev–Trinajstić information content (AvgIpc) is 2.71. The van der Waals surface area contributed by atoms with Crippen LogP contribution in [0.3, 0.4) is 0 Å². The van der Waals surface area contributed by atoms with Crippen LogP contribution >= 0.6 is 0 Å². The molecule has 0 bridgehead atoms. The molecule has 0 aliphatic carbocycles. The van der Waals surface area contributed by atoms with Crippen molar-refractivity contribution in [2.75, 3.05) is 6.61 Å². The number of nitro benzene ring substituents is 1. The Morgan fingerprint density at radius 1 is 1.20 bits per heavy atom. The van der Waals surface area contributed by atoms with Gasteiger partial charge >= 0.3 is 11.9 Å². The number of dihydropyridines is 1. The van der Waals surface area contributed by atoms with E-state index < -0.39 is 22.8 Å². The first kappa shape index (κ1) is 20.5.